The monoisotopic (exact) mass is 331 g/mol. The van der Waals surface area contributed by atoms with Gasteiger partial charge < -0.3 is 20.5 Å². The van der Waals surface area contributed by atoms with E-state index < -0.39 is 0 Å². The molecule has 0 fully saturated rings. The first-order chi connectivity index (χ1) is 11.5. The minimum Gasteiger partial charge on any atom is -0.355 e. The fourth-order valence-corrected chi connectivity index (χ4v) is 2.30. The van der Waals surface area contributed by atoms with Crippen molar-refractivity contribution in [1.82, 2.24) is 25.5 Å². The second-order valence-electron chi connectivity index (χ2n) is 5.92. The van der Waals surface area contributed by atoms with E-state index in [1.54, 1.807) is 7.05 Å². The van der Waals surface area contributed by atoms with Gasteiger partial charge in [0.05, 0.1) is 17.6 Å². The largest absolute Gasteiger partial charge is 0.355 e. The summed E-state index contributed by atoms with van der Waals surface area (Å²) in [5.74, 6) is 0.532. The van der Waals surface area contributed by atoms with E-state index in [0.29, 0.717) is 12.4 Å². The average Bonchev–Trinajstić information content (AvgIpc) is 2.94. The molecular formula is C17H25N5O2. The van der Waals surface area contributed by atoms with E-state index in [2.05, 4.69) is 27.5 Å². The zero-order chi connectivity index (χ0) is 17.5. The SMILES string of the molecule is CCCCNC(=O)CN(C)C(=O)NCc1nc2ccc(C)cc2[nH]1. The number of carbonyl (C=O) groups is 2. The lowest BCUT2D eigenvalue weighted by Crippen LogP contribution is -2.43. The van der Waals surface area contributed by atoms with Crippen molar-refractivity contribution in [3.05, 3.63) is 29.6 Å². The molecule has 0 saturated carbocycles. The zero-order valence-electron chi connectivity index (χ0n) is 14.5. The van der Waals surface area contributed by atoms with Crippen molar-refractivity contribution in [2.45, 2.75) is 33.2 Å². The Balaban J connectivity index is 1.81. The predicted molar refractivity (Wildman–Crippen MR) is 93.6 cm³/mol. The van der Waals surface area contributed by atoms with Gasteiger partial charge in [-0.2, -0.15) is 0 Å². The first-order valence-corrected chi connectivity index (χ1v) is 8.20. The second kappa shape index (κ2) is 8.33. The van der Waals surface area contributed by atoms with Crippen molar-refractivity contribution in [2.75, 3.05) is 20.1 Å². The van der Waals surface area contributed by atoms with E-state index in [0.717, 1.165) is 29.4 Å². The van der Waals surface area contributed by atoms with Crippen LogP contribution in [0.15, 0.2) is 18.2 Å². The van der Waals surface area contributed by atoms with E-state index >= 15 is 0 Å². The number of fused-ring (bicyclic) bond motifs is 1. The molecule has 1 aromatic carbocycles. The van der Waals surface area contributed by atoms with Gasteiger partial charge in [0.2, 0.25) is 5.91 Å². The number of nitrogens with zero attached hydrogens (tertiary/aromatic N) is 2. The Morgan fingerprint density at radius 3 is 2.83 bits per heavy atom. The molecule has 0 saturated heterocycles. The van der Waals surface area contributed by atoms with E-state index in [9.17, 15) is 9.59 Å². The van der Waals surface area contributed by atoms with Crippen LogP contribution in [0.25, 0.3) is 11.0 Å². The number of hydrogen-bond donors (Lipinski definition) is 3. The van der Waals surface area contributed by atoms with Gasteiger partial charge in [-0.3, -0.25) is 4.79 Å². The highest BCUT2D eigenvalue weighted by Crippen LogP contribution is 2.13. The van der Waals surface area contributed by atoms with Crippen LogP contribution < -0.4 is 10.6 Å². The molecule has 0 radical (unpaired) electrons. The Kier molecular flexibility index (Phi) is 6.17. The minimum atomic E-state index is -0.308. The standard InChI is InChI=1S/C17H25N5O2/c1-4-5-8-18-16(23)11-22(3)17(24)19-10-15-20-13-7-6-12(2)9-14(13)21-15/h6-7,9H,4-5,8,10-11H2,1-3H3,(H,18,23)(H,19,24)(H,20,21). The van der Waals surface area contributed by atoms with Crippen LogP contribution in [-0.2, 0) is 11.3 Å². The van der Waals surface area contributed by atoms with Gasteiger partial charge in [-0.25, -0.2) is 9.78 Å². The molecule has 3 amide bonds. The summed E-state index contributed by atoms with van der Waals surface area (Å²) < 4.78 is 0. The molecule has 0 aliphatic carbocycles. The van der Waals surface area contributed by atoms with Crippen molar-refractivity contribution < 1.29 is 9.59 Å². The molecule has 0 aliphatic rings. The Morgan fingerprint density at radius 1 is 1.29 bits per heavy atom. The van der Waals surface area contributed by atoms with Gasteiger partial charge in [-0.05, 0) is 31.0 Å². The maximum atomic E-state index is 12.0. The molecule has 24 heavy (non-hydrogen) atoms. The molecule has 130 valence electrons. The van der Waals surface area contributed by atoms with Gasteiger partial charge in [0.15, 0.2) is 0 Å². The molecule has 7 heteroatoms. The summed E-state index contributed by atoms with van der Waals surface area (Å²) >= 11 is 0. The summed E-state index contributed by atoms with van der Waals surface area (Å²) in [7, 11) is 1.59. The number of nitrogens with one attached hydrogen (secondary N) is 3. The first kappa shape index (κ1) is 17.8. The van der Waals surface area contributed by atoms with Crippen LogP contribution in [0.1, 0.15) is 31.2 Å². The summed E-state index contributed by atoms with van der Waals surface area (Å²) in [4.78, 5) is 32.7. The van der Waals surface area contributed by atoms with E-state index in [1.165, 1.54) is 4.90 Å². The molecule has 3 N–H and O–H groups in total. The number of urea groups is 1. The Hall–Kier alpha value is -2.57. The molecule has 0 bridgehead atoms. The number of H-pyrrole nitrogens is 1. The lowest BCUT2D eigenvalue weighted by atomic mass is 10.2. The number of carbonyl (C=O) groups excluding carboxylic acids is 2. The van der Waals surface area contributed by atoms with Crippen molar-refractivity contribution in [1.29, 1.82) is 0 Å². The number of hydrogen-bond acceptors (Lipinski definition) is 3. The van der Waals surface area contributed by atoms with Crippen molar-refractivity contribution in [2.24, 2.45) is 0 Å². The number of rotatable bonds is 7. The maximum absolute atomic E-state index is 12.0. The number of benzene rings is 1. The van der Waals surface area contributed by atoms with Gasteiger partial charge in [-0.1, -0.05) is 19.4 Å². The number of aromatic nitrogens is 2. The highest BCUT2D eigenvalue weighted by atomic mass is 16.2. The Morgan fingerprint density at radius 2 is 2.08 bits per heavy atom. The predicted octanol–water partition coefficient (Wildman–Crippen LogP) is 1.93. The summed E-state index contributed by atoms with van der Waals surface area (Å²) in [6.45, 7) is 5.04. The molecule has 0 atom stereocenters. The number of likely N-dealkylation sites (N-methyl/N-ethyl adjacent to an activating group) is 1. The average molecular weight is 331 g/mol. The second-order valence-corrected chi connectivity index (χ2v) is 5.92. The molecule has 0 unspecified atom stereocenters. The van der Waals surface area contributed by atoms with Crippen molar-refractivity contribution in [3.8, 4) is 0 Å². The molecule has 1 aromatic heterocycles. The van der Waals surface area contributed by atoms with Crippen LogP contribution in [0, 0.1) is 6.92 Å². The highest BCUT2D eigenvalue weighted by Gasteiger charge is 2.13. The van der Waals surface area contributed by atoms with Gasteiger partial charge in [-0.15, -0.1) is 0 Å². The summed E-state index contributed by atoms with van der Waals surface area (Å²) in [5, 5.41) is 5.55. The molecule has 0 spiro atoms. The lowest BCUT2D eigenvalue weighted by molar-refractivity contribution is -0.121. The normalized spacial score (nSPS) is 10.6. The number of amides is 3. The molecular weight excluding hydrogens is 306 g/mol. The number of aryl methyl sites for hydroxylation is 1. The van der Waals surface area contributed by atoms with Crippen LogP contribution in [0.2, 0.25) is 0 Å². The third-order valence-corrected chi connectivity index (χ3v) is 3.67. The van der Waals surface area contributed by atoms with E-state index in [4.69, 9.17) is 0 Å². The smallest absolute Gasteiger partial charge is 0.317 e. The molecule has 7 nitrogen and oxygen atoms in total. The lowest BCUT2D eigenvalue weighted by Gasteiger charge is -2.17. The van der Waals surface area contributed by atoms with Crippen molar-refractivity contribution >= 4 is 23.0 Å². The molecule has 2 aromatic rings. The fraction of sp³-hybridized carbons (Fsp3) is 0.471. The first-order valence-electron chi connectivity index (χ1n) is 8.20. The number of aromatic amines is 1. The molecule has 2 rings (SSSR count). The summed E-state index contributed by atoms with van der Waals surface area (Å²) in [6, 6.07) is 5.65. The highest BCUT2D eigenvalue weighted by molar-refractivity contribution is 5.83. The fourth-order valence-electron chi connectivity index (χ4n) is 2.30. The third-order valence-electron chi connectivity index (χ3n) is 3.67. The molecule has 1 heterocycles. The topological polar surface area (TPSA) is 90.1 Å². The van der Waals surface area contributed by atoms with Gasteiger partial charge in [0.1, 0.15) is 12.4 Å². The zero-order valence-corrected chi connectivity index (χ0v) is 14.5. The summed E-state index contributed by atoms with van der Waals surface area (Å²) in [5.41, 5.74) is 2.96. The molecule has 0 aliphatic heterocycles. The summed E-state index contributed by atoms with van der Waals surface area (Å²) in [6.07, 6.45) is 1.96. The van der Waals surface area contributed by atoms with Crippen LogP contribution in [0.4, 0.5) is 4.79 Å². The Bertz CT molecular complexity index is 710. The van der Waals surface area contributed by atoms with E-state index in [-0.39, 0.29) is 25.0 Å². The third kappa shape index (κ3) is 4.97. The van der Waals surface area contributed by atoms with Crippen LogP contribution in [0.5, 0.6) is 0 Å². The van der Waals surface area contributed by atoms with Crippen molar-refractivity contribution in [3.63, 3.8) is 0 Å². The van der Waals surface area contributed by atoms with Gasteiger partial charge in [0.25, 0.3) is 0 Å². The quantitative estimate of drug-likeness (QED) is 0.677. The van der Waals surface area contributed by atoms with Gasteiger partial charge >= 0.3 is 6.03 Å². The number of unbranched alkanes of at least 4 members (excludes halogenated alkanes) is 1. The van der Waals surface area contributed by atoms with Crippen LogP contribution in [0.3, 0.4) is 0 Å². The van der Waals surface area contributed by atoms with E-state index in [1.807, 2.05) is 25.1 Å². The maximum Gasteiger partial charge on any atom is 0.317 e. The minimum absolute atomic E-state index is 0.0366. The number of imidazole rings is 1. The van der Waals surface area contributed by atoms with Gasteiger partial charge in [0, 0.05) is 13.6 Å². The Labute approximate surface area is 141 Å². The van der Waals surface area contributed by atoms with Crippen LogP contribution in [-0.4, -0.2) is 46.9 Å². The van der Waals surface area contributed by atoms with Crippen LogP contribution >= 0.6 is 0 Å².